The van der Waals surface area contributed by atoms with Crippen LogP contribution in [0.25, 0.3) is 0 Å². The number of carbonyl (C=O) groups is 1. The van der Waals surface area contributed by atoms with Gasteiger partial charge in [0.2, 0.25) is 5.91 Å². The Kier molecular flexibility index (Phi) is 5.01. The zero-order chi connectivity index (χ0) is 12.8. The van der Waals surface area contributed by atoms with Crippen LogP contribution in [-0.4, -0.2) is 38.4 Å². The summed E-state index contributed by atoms with van der Waals surface area (Å²) in [4.78, 5) is 11.9. The van der Waals surface area contributed by atoms with Crippen molar-refractivity contribution >= 4 is 5.91 Å². The molecule has 1 N–H and O–H groups in total. The fourth-order valence-corrected chi connectivity index (χ4v) is 2.80. The molecule has 4 heteroatoms. The molecular formula is C14H25NO3. The Bertz CT molecular complexity index is 270. The highest BCUT2D eigenvalue weighted by atomic mass is 16.5. The average Bonchev–Trinajstić information content (AvgIpc) is 2.85. The molecule has 2 rings (SSSR count). The van der Waals surface area contributed by atoms with Crippen LogP contribution in [0, 0.1) is 5.41 Å². The third kappa shape index (κ3) is 3.45. The number of rotatable bonds is 7. The zero-order valence-corrected chi connectivity index (χ0v) is 11.4. The molecule has 2 aliphatic rings. The fraction of sp³-hybridized carbons (Fsp3) is 0.929. The Morgan fingerprint density at radius 3 is 2.83 bits per heavy atom. The minimum Gasteiger partial charge on any atom is -0.382 e. The Labute approximate surface area is 109 Å². The normalized spacial score (nSPS) is 25.7. The first-order valence-electron chi connectivity index (χ1n) is 7.23. The molecule has 0 spiro atoms. The molecule has 0 radical (unpaired) electrons. The van der Waals surface area contributed by atoms with Crippen LogP contribution in [0.2, 0.25) is 0 Å². The van der Waals surface area contributed by atoms with Gasteiger partial charge in [-0.25, -0.2) is 0 Å². The molecule has 4 nitrogen and oxygen atoms in total. The fourth-order valence-electron chi connectivity index (χ4n) is 2.80. The third-order valence-corrected chi connectivity index (χ3v) is 4.25. The summed E-state index contributed by atoms with van der Waals surface area (Å²) in [5, 5.41) is 3.07. The van der Waals surface area contributed by atoms with Gasteiger partial charge in [0.1, 0.15) is 6.10 Å². The first kappa shape index (κ1) is 13.8. The van der Waals surface area contributed by atoms with Gasteiger partial charge in [-0.2, -0.15) is 0 Å². The first-order valence-corrected chi connectivity index (χ1v) is 7.23. The van der Waals surface area contributed by atoms with Crippen LogP contribution in [0.15, 0.2) is 0 Å². The zero-order valence-electron chi connectivity index (χ0n) is 11.4. The maximum atomic E-state index is 11.9. The Morgan fingerprint density at radius 1 is 1.44 bits per heavy atom. The third-order valence-electron chi connectivity index (χ3n) is 4.25. The van der Waals surface area contributed by atoms with Gasteiger partial charge in [0.25, 0.3) is 0 Å². The molecule has 1 atom stereocenters. The van der Waals surface area contributed by atoms with Crippen molar-refractivity contribution in [3.63, 3.8) is 0 Å². The molecule has 1 saturated heterocycles. The maximum absolute atomic E-state index is 11.9. The Balaban J connectivity index is 1.70. The Morgan fingerprint density at radius 2 is 2.28 bits per heavy atom. The van der Waals surface area contributed by atoms with Crippen molar-refractivity contribution in [3.05, 3.63) is 0 Å². The molecule has 0 aromatic carbocycles. The maximum Gasteiger partial charge on any atom is 0.249 e. The van der Waals surface area contributed by atoms with E-state index in [-0.39, 0.29) is 12.0 Å². The van der Waals surface area contributed by atoms with E-state index >= 15 is 0 Å². The van der Waals surface area contributed by atoms with Crippen molar-refractivity contribution in [2.75, 3.05) is 26.4 Å². The molecule has 0 bridgehead atoms. The van der Waals surface area contributed by atoms with E-state index in [4.69, 9.17) is 9.47 Å². The van der Waals surface area contributed by atoms with E-state index in [0.717, 1.165) is 45.6 Å². The second-order valence-corrected chi connectivity index (χ2v) is 5.52. The van der Waals surface area contributed by atoms with Gasteiger partial charge in [-0.3, -0.25) is 4.79 Å². The largest absolute Gasteiger partial charge is 0.382 e. The molecule has 1 heterocycles. The van der Waals surface area contributed by atoms with Crippen LogP contribution in [0.1, 0.15) is 45.4 Å². The van der Waals surface area contributed by atoms with E-state index in [1.165, 1.54) is 19.3 Å². The summed E-state index contributed by atoms with van der Waals surface area (Å²) in [5.74, 6) is 0.0789. The summed E-state index contributed by atoms with van der Waals surface area (Å²) in [6, 6.07) is 0. The molecule has 1 saturated carbocycles. The van der Waals surface area contributed by atoms with Crippen LogP contribution in [0.3, 0.4) is 0 Å². The molecule has 0 unspecified atom stereocenters. The topological polar surface area (TPSA) is 47.6 Å². The van der Waals surface area contributed by atoms with Gasteiger partial charge >= 0.3 is 0 Å². The van der Waals surface area contributed by atoms with Crippen molar-refractivity contribution in [2.45, 2.75) is 51.6 Å². The lowest BCUT2D eigenvalue weighted by atomic mass is 9.66. The lowest BCUT2D eigenvalue weighted by molar-refractivity contribution is -0.131. The van der Waals surface area contributed by atoms with Crippen molar-refractivity contribution in [1.29, 1.82) is 0 Å². The van der Waals surface area contributed by atoms with Crippen LogP contribution in [0.5, 0.6) is 0 Å². The monoisotopic (exact) mass is 255 g/mol. The second-order valence-electron chi connectivity index (χ2n) is 5.52. The van der Waals surface area contributed by atoms with Crippen molar-refractivity contribution in [3.8, 4) is 0 Å². The van der Waals surface area contributed by atoms with Gasteiger partial charge < -0.3 is 14.8 Å². The minimum absolute atomic E-state index is 0.0789. The van der Waals surface area contributed by atoms with Crippen molar-refractivity contribution in [1.82, 2.24) is 5.32 Å². The number of ether oxygens (including phenoxy) is 2. The molecule has 1 aliphatic heterocycles. The van der Waals surface area contributed by atoms with Crippen LogP contribution in [0.4, 0.5) is 0 Å². The standard InChI is InChI=1S/C14H25NO3/c1-2-17-10-8-14(6-4-7-14)11-15-13(16)12-5-3-9-18-12/h12H,2-11H2,1H3,(H,15,16)/t12-/m1/s1. The smallest absolute Gasteiger partial charge is 0.249 e. The van der Waals surface area contributed by atoms with Gasteiger partial charge in [0, 0.05) is 26.4 Å². The molecule has 1 amide bonds. The lowest BCUT2D eigenvalue weighted by Gasteiger charge is -2.42. The first-order chi connectivity index (χ1) is 8.76. The van der Waals surface area contributed by atoms with Gasteiger partial charge in [-0.1, -0.05) is 6.42 Å². The summed E-state index contributed by atoms with van der Waals surface area (Å²) < 4.78 is 10.8. The van der Waals surface area contributed by atoms with E-state index in [1.54, 1.807) is 0 Å². The molecule has 0 aromatic heterocycles. The Hall–Kier alpha value is -0.610. The number of carbonyl (C=O) groups excluding carboxylic acids is 1. The van der Waals surface area contributed by atoms with Crippen LogP contribution >= 0.6 is 0 Å². The molecule has 0 aromatic rings. The van der Waals surface area contributed by atoms with Crippen molar-refractivity contribution < 1.29 is 14.3 Å². The van der Waals surface area contributed by atoms with E-state index in [2.05, 4.69) is 5.32 Å². The lowest BCUT2D eigenvalue weighted by Crippen LogP contribution is -2.45. The van der Waals surface area contributed by atoms with E-state index in [1.807, 2.05) is 6.92 Å². The van der Waals surface area contributed by atoms with E-state index in [0.29, 0.717) is 5.41 Å². The minimum atomic E-state index is -0.200. The van der Waals surface area contributed by atoms with Crippen molar-refractivity contribution in [2.24, 2.45) is 5.41 Å². The molecule has 1 aliphatic carbocycles. The van der Waals surface area contributed by atoms with Crippen LogP contribution < -0.4 is 5.32 Å². The van der Waals surface area contributed by atoms with E-state index in [9.17, 15) is 4.79 Å². The quantitative estimate of drug-likeness (QED) is 0.707. The predicted octanol–water partition coefficient (Wildman–Crippen LogP) is 1.88. The SMILES string of the molecule is CCOCCC1(CNC(=O)[C@H]2CCCO2)CCC1. The summed E-state index contributed by atoms with van der Waals surface area (Å²) in [7, 11) is 0. The highest BCUT2D eigenvalue weighted by molar-refractivity contribution is 5.81. The number of hydrogen-bond acceptors (Lipinski definition) is 3. The van der Waals surface area contributed by atoms with Gasteiger partial charge in [-0.15, -0.1) is 0 Å². The van der Waals surface area contributed by atoms with Gasteiger partial charge in [-0.05, 0) is 44.4 Å². The number of hydrogen-bond donors (Lipinski definition) is 1. The predicted molar refractivity (Wildman–Crippen MR) is 69.4 cm³/mol. The molecular weight excluding hydrogens is 230 g/mol. The summed E-state index contributed by atoms with van der Waals surface area (Å²) in [5.41, 5.74) is 0.295. The highest BCUT2D eigenvalue weighted by Crippen LogP contribution is 2.43. The summed E-state index contributed by atoms with van der Waals surface area (Å²) in [6.45, 7) is 5.13. The average molecular weight is 255 g/mol. The highest BCUT2D eigenvalue weighted by Gasteiger charge is 2.37. The molecule has 2 fully saturated rings. The van der Waals surface area contributed by atoms with Crippen LogP contribution in [-0.2, 0) is 14.3 Å². The number of amides is 1. The molecule has 104 valence electrons. The second kappa shape index (κ2) is 6.53. The molecule has 18 heavy (non-hydrogen) atoms. The summed E-state index contributed by atoms with van der Waals surface area (Å²) in [6.07, 6.45) is 6.45. The van der Waals surface area contributed by atoms with Gasteiger partial charge in [0.05, 0.1) is 0 Å². The van der Waals surface area contributed by atoms with Gasteiger partial charge in [0.15, 0.2) is 0 Å². The summed E-state index contributed by atoms with van der Waals surface area (Å²) >= 11 is 0. The van der Waals surface area contributed by atoms with E-state index < -0.39 is 0 Å². The number of nitrogens with one attached hydrogen (secondary N) is 1.